The molecule has 0 aliphatic heterocycles. The number of benzene rings is 2. The summed E-state index contributed by atoms with van der Waals surface area (Å²) in [7, 11) is 3.06. The van der Waals surface area contributed by atoms with Crippen LogP contribution in [0.2, 0.25) is 0 Å². The van der Waals surface area contributed by atoms with Crippen molar-refractivity contribution >= 4 is 17.7 Å². The minimum atomic E-state index is -0.473. The van der Waals surface area contributed by atoms with Crippen molar-refractivity contribution in [2.45, 2.75) is 20.8 Å². The highest BCUT2D eigenvalue weighted by Gasteiger charge is 2.13. The third-order valence-electron chi connectivity index (χ3n) is 4.03. The van der Waals surface area contributed by atoms with Crippen LogP contribution in [-0.4, -0.2) is 20.1 Å². The maximum Gasteiger partial charge on any atom is 0.266 e. The van der Waals surface area contributed by atoms with Gasteiger partial charge in [-0.1, -0.05) is 17.7 Å². The van der Waals surface area contributed by atoms with E-state index < -0.39 is 5.91 Å². The fraction of sp³-hybridized carbons (Fsp3) is 0.238. The van der Waals surface area contributed by atoms with Crippen LogP contribution in [0.4, 0.5) is 5.69 Å². The molecule has 5 nitrogen and oxygen atoms in total. The number of nitrogens with zero attached hydrogens (tertiary/aromatic N) is 1. The van der Waals surface area contributed by atoms with Gasteiger partial charge in [0.2, 0.25) is 0 Å². The van der Waals surface area contributed by atoms with Crippen molar-refractivity contribution in [1.82, 2.24) is 0 Å². The zero-order valence-electron chi connectivity index (χ0n) is 15.6. The Bertz CT molecular complexity index is 885. The summed E-state index contributed by atoms with van der Waals surface area (Å²) in [6.07, 6.45) is 1.63. The average molecular weight is 350 g/mol. The van der Waals surface area contributed by atoms with Crippen LogP contribution < -0.4 is 14.8 Å². The van der Waals surface area contributed by atoms with Gasteiger partial charge in [0.15, 0.2) is 11.5 Å². The minimum absolute atomic E-state index is 0.0369. The van der Waals surface area contributed by atoms with Gasteiger partial charge in [-0.2, -0.15) is 5.26 Å². The van der Waals surface area contributed by atoms with E-state index in [4.69, 9.17) is 9.47 Å². The van der Waals surface area contributed by atoms with Crippen LogP contribution in [0.25, 0.3) is 6.08 Å². The minimum Gasteiger partial charge on any atom is -0.493 e. The van der Waals surface area contributed by atoms with Gasteiger partial charge < -0.3 is 14.8 Å². The van der Waals surface area contributed by atoms with E-state index in [-0.39, 0.29) is 5.57 Å². The molecule has 0 heterocycles. The molecule has 0 fully saturated rings. The van der Waals surface area contributed by atoms with Crippen LogP contribution in [-0.2, 0) is 4.79 Å². The Morgan fingerprint density at radius 3 is 2.19 bits per heavy atom. The first-order chi connectivity index (χ1) is 12.4. The molecule has 134 valence electrons. The first-order valence-corrected chi connectivity index (χ1v) is 8.12. The number of ether oxygens (including phenoxy) is 2. The normalized spacial score (nSPS) is 10.8. The van der Waals surface area contributed by atoms with Gasteiger partial charge in [-0.25, -0.2) is 0 Å². The van der Waals surface area contributed by atoms with Crippen molar-refractivity contribution in [1.29, 1.82) is 5.26 Å². The summed E-state index contributed by atoms with van der Waals surface area (Å²) >= 11 is 0. The highest BCUT2D eigenvalue weighted by atomic mass is 16.5. The Kier molecular flexibility index (Phi) is 6.03. The molecule has 5 heteroatoms. The van der Waals surface area contributed by atoms with Crippen LogP contribution in [0.1, 0.15) is 22.3 Å². The molecular formula is C21H22N2O3. The van der Waals surface area contributed by atoms with Crippen LogP contribution in [0.5, 0.6) is 11.5 Å². The van der Waals surface area contributed by atoms with E-state index in [0.29, 0.717) is 17.2 Å². The van der Waals surface area contributed by atoms with Crippen molar-refractivity contribution in [3.63, 3.8) is 0 Å². The highest BCUT2D eigenvalue weighted by molar-refractivity contribution is 6.10. The van der Waals surface area contributed by atoms with Gasteiger partial charge in [-0.15, -0.1) is 0 Å². The molecule has 0 saturated carbocycles. The number of carbonyl (C=O) groups is 1. The average Bonchev–Trinajstić information content (AvgIpc) is 2.60. The third-order valence-corrected chi connectivity index (χ3v) is 4.03. The number of rotatable bonds is 5. The number of carbonyl (C=O) groups excluding carboxylic acids is 1. The summed E-state index contributed by atoms with van der Waals surface area (Å²) in [6.45, 7) is 5.95. The van der Waals surface area contributed by atoms with E-state index in [9.17, 15) is 10.1 Å². The zero-order valence-corrected chi connectivity index (χ0v) is 15.6. The van der Waals surface area contributed by atoms with Crippen LogP contribution >= 0.6 is 0 Å². The Hall–Kier alpha value is -3.26. The van der Waals surface area contributed by atoms with Crippen molar-refractivity contribution in [2.75, 3.05) is 19.5 Å². The van der Waals surface area contributed by atoms with Gasteiger partial charge in [0.25, 0.3) is 5.91 Å². The largest absolute Gasteiger partial charge is 0.493 e. The van der Waals surface area contributed by atoms with Gasteiger partial charge in [0.05, 0.1) is 14.2 Å². The number of nitriles is 1. The van der Waals surface area contributed by atoms with Gasteiger partial charge in [0.1, 0.15) is 11.6 Å². The number of anilines is 1. The molecule has 0 spiro atoms. The summed E-state index contributed by atoms with van der Waals surface area (Å²) in [5.74, 6) is 0.588. The molecule has 2 rings (SSSR count). The maximum atomic E-state index is 12.5. The molecule has 26 heavy (non-hydrogen) atoms. The smallest absolute Gasteiger partial charge is 0.266 e. The van der Waals surface area contributed by atoms with Gasteiger partial charge in [0, 0.05) is 11.8 Å². The van der Waals surface area contributed by atoms with E-state index in [1.165, 1.54) is 7.11 Å². The van der Waals surface area contributed by atoms with Crippen molar-refractivity contribution in [3.8, 4) is 17.6 Å². The van der Waals surface area contributed by atoms with Crippen LogP contribution in [0.15, 0.2) is 35.9 Å². The van der Waals surface area contributed by atoms with E-state index in [0.717, 1.165) is 22.3 Å². The summed E-state index contributed by atoms with van der Waals surface area (Å²) in [5, 5.41) is 12.2. The fourth-order valence-electron chi connectivity index (χ4n) is 2.82. The monoisotopic (exact) mass is 350 g/mol. The highest BCUT2D eigenvalue weighted by Crippen LogP contribution is 2.30. The number of hydrogen-bond acceptors (Lipinski definition) is 4. The molecule has 0 bridgehead atoms. The number of nitrogens with one attached hydrogen (secondary N) is 1. The fourth-order valence-corrected chi connectivity index (χ4v) is 2.82. The summed E-state index contributed by atoms with van der Waals surface area (Å²) in [6, 6.07) is 11.1. The Morgan fingerprint density at radius 1 is 1.04 bits per heavy atom. The summed E-state index contributed by atoms with van der Waals surface area (Å²) in [4.78, 5) is 12.5. The first-order valence-electron chi connectivity index (χ1n) is 8.12. The summed E-state index contributed by atoms with van der Waals surface area (Å²) in [5.41, 5.74) is 4.63. The lowest BCUT2D eigenvalue weighted by atomic mass is 9.98. The van der Waals surface area contributed by atoms with E-state index in [2.05, 4.69) is 5.32 Å². The molecule has 0 aliphatic carbocycles. The number of hydrogen-bond donors (Lipinski definition) is 1. The number of methoxy groups -OCH3 is 2. The second-order valence-electron chi connectivity index (χ2n) is 6.01. The first kappa shape index (κ1) is 19.1. The maximum absolute atomic E-state index is 12.5. The molecule has 1 amide bonds. The van der Waals surface area contributed by atoms with Gasteiger partial charge in [-0.05, 0) is 55.7 Å². The predicted octanol–water partition coefficient (Wildman–Crippen LogP) is 4.17. The Morgan fingerprint density at radius 2 is 1.65 bits per heavy atom. The molecule has 0 unspecified atom stereocenters. The molecule has 0 saturated heterocycles. The number of aryl methyl sites for hydroxylation is 3. The Balaban J connectivity index is 2.32. The number of amides is 1. The zero-order chi connectivity index (χ0) is 19.3. The van der Waals surface area contributed by atoms with Crippen molar-refractivity contribution in [2.24, 2.45) is 0 Å². The van der Waals surface area contributed by atoms with Crippen LogP contribution in [0.3, 0.4) is 0 Å². The standard InChI is InChI=1S/C21H22N2O3/c1-13-8-14(2)18(15(3)9-13)10-16(12-22)21(24)23-17-6-7-19(25-4)20(11-17)26-5/h6-11H,1-5H3,(H,23,24)/b16-10+. The van der Waals surface area contributed by atoms with E-state index in [1.807, 2.05) is 39.0 Å². The molecule has 0 aromatic heterocycles. The van der Waals surface area contributed by atoms with Crippen molar-refractivity contribution in [3.05, 3.63) is 58.2 Å². The lowest BCUT2D eigenvalue weighted by molar-refractivity contribution is -0.112. The SMILES string of the molecule is COc1ccc(NC(=O)/C(C#N)=C/c2c(C)cc(C)cc2C)cc1OC. The second kappa shape index (κ2) is 8.21. The lowest BCUT2D eigenvalue weighted by Gasteiger charge is -2.11. The van der Waals surface area contributed by atoms with Crippen molar-refractivity contribution < 1.29 is 14.3 Å². The quantitative estimate of drug-likeness (QED) is 0.649. The molecule has 0 aliphatic rings. The molecule has 0 radical (unpaired) electrons. The molecule has 1 N–H and O–H groups in total. The van der Waals surface area contributed by atoms with Gasteiger partial charge >= 0.3 is 0 Å². The molecule has 0 atom stereocenters. The molecular weight excluding hydrogens is 328 g/mol. The van der Waals surface area contributed by atoms with E-state index in [1.54, 1.807) is 31.4 Å². The van der Waals surface area contributed by atoms with Gasteiger partial charge in [-0.3, -0.25) is 4.79 Å². The Labute approximate surface area is 153 Å². The second-order valence-corrected chi connectivity index (χ2v) is 6.01. The molecule has 2 aromatic rings. The van der Waals surface area contributed by atoms with Crippen LogP contribution in [0, 0.1) is 32.1 Å². The predicted molar refractivity (Wildman–Crippen MR) is 102 cm³/mol. The third kappa shape index (κ3) is 4.22. The molecule has 2 aromatic carbocycles. The van der Waals surface area contributed by atoms with E-state index >= 15 is 0 Å². The summed E-state index contributed by atoms with van der Waals surface area (Å²) < 4.78 is 10.4. The topological polar surface area (TPSA) is 71.3 Å². The lowest BCUT2D eigenvalue weighted by Crippen LogP contribution is -2.13.